The summed E-state index contributed by atoms with van der Waals surface area (Å²) in [6.45, 7) is 11.9. The fraction of sp³-hybridized carbons (Fsp3) is 0.353. The Hall–Kier alpha value is -10.4. The molecule has 1 N–H and O–H groups in total. The van der Waals surface area contributed by atoms with Crippen LogP contribution < -0.4 is 5.32 Å². The van der Waals surface area contributed by atoms with Gasteiger partial charge in [-0.15, -0.1) is 0 Å². The molecule has 3 amide bonds. The van der Waals surface area contributed by atoms with E-state index in [1.165, 1.54) is 39.0 Å². The fourth-order valence-corrected chi connectivity index (χ4v) is 17.3. The number of fused-ring (bicyclic) bond motifs is 8. The maximum atomic E-state index is 12.1. The van der Waals surface area contributed by atoms with E-state index in [-0.39, 0.29) is 50.4 Å². The Morgan fingerprint density at radius 2 is 0.714 bits per heavy atom. The predicted molar refractivity (Wildman–Crippen MR) is 432 cm³/mol. The second kappa shape index (κ2) is 36.4. The lowest BCUT2D eigenvalue weighted by atomic mass is 9.88. The lowest BCUT2D eigenvalue weighted by Gasteiger charge is -2.29. The number of benzene rings is 4. The molecule has 8 aromatic rings. The lowest BCUT2D eigenvalue weighted by Crippen LogP contribution is -2.37. The summed E-state index contributed by atoms with van der Waals surface area (Å²) >= 11 is 24.9. The number of carbonyl (C=O) groups excluding carboxylic acids is 3. The highest BCUT2D eigenvalue weighted by atomic mass is 35.5. The number of aromatic nitrogens is 4. The quantitative estimate of drug-likeness (QED) is 0.0919. The minimum absolute atomic E-state index is 0.0240. The minimum atomic E-state index is -0.446. The topological polar surface area (TPSA) is 282 Å². The molecule has 27 heteroatoms. The summed E-state index contributed by atoms with van der Waals surface area (Å²) in [4.78, 5) is 93.5. The monoisotopic (exact) mass is 1590 g/mol. The number of pyridine rings is 4. The Morgan fingerprint density at radius 1 is 0.384 bits per heavy atom. The van der Waals surface area contributed by atoms with Crippen LogP contribution in [0.4, 0.5) is 31.4 Å². The molecule has 8 aliphatic rings. The molecule has 4 aliphatic heterocycles. The molecule has 0 atom stereocenters. The Kier molecular flexibility index (Phi) is 25.9. The molecule has 4 aliphatic carbocycles. The van der Waals surface area contributed by atoms with Gasteiger partial charge in [0.2, 0.25) is 0 Å². The number of halogens is 4. The first-order valence-electron chi connectivity index (χ1n) is 38.1. The van der Waals surface area contributed by atoms with Crippen LogP contribution in [0.1, 0.15) is 162 Å². The van der Waals surface area contributed by atoms with Crippen molar-refractivity contribution < 1.29 is 43.4 Å². The van der Waals surface area contributed by atoms with Gasteiger partial charge < -0.3 is 34.2 Å². The molecule has 4 aromatic carbocycles. The number of hydrogen-bond acceptors (Lipinski definition) is 17. The largest absolute Gasteiger partial charge is 0.450 e. The van der Waals surface area contributed by atoms with Crippen LogP contribution in [0.5, 0.6) is 0 Å². The number of piperidine rings is 4. The molecule has 4 fully saturated rings. The van der Waals surface area contributed by atoms with Gasteiger partial charge in [-0.1, -0.05) is 105 Å². The van der Waals surface area contributed by atoms with Crippen molar-refractivity contribution in [2.75, 3.05) is 72.2 Å². The van der Waals surface area contributed by atoms with Crippen molar-refractivity contribution in [3.8, 4) is 0 Å². The second-order valence-electron chi connectivity index (χ2n) is 28.2. The number of carbonyl (C=O) groups is 3. The highest BCUT2D eigenvalue weighted by molar-refractivity contribution is 6.33. The number of nitrogens with one attached hydrogen (secondary N) is 1. The summed E-state index contributed by atoms with van der Waals surface area (Å²) in [5.41, 5.74) is 25.2. The van der Waals surface area contributed by atoms with Crippen LogP contribution in [-0.4, -0.2) is 140 Å². The fourth-order valence-electron chi connectivity index (χ4n) is 16.4. The standard InChI is InChI=1S/2C22H22ClN3O4.C22H23ClN2O2.C19H18ClN3O2/c1-2-30-22(27)25-10-7-14(8-11-25)20-17-13-19(26(28)29)18(23)12-16(17)6-5-15-4-3-9-24-21(15)20;1-2-30-22(27)25-12-9-14(10-13-25)19-16-7-8-18(23)21(26(28)29)17(16)6-5-15-4-3-11-24-20(15)19;1-2-27-22(26)25-12-9-15(10-13-25)20-19-8-7-18(23)14-17(19)6-5-16-4-3-11-24-21(16)20;20-16-10-14-4-3-13-2-1-7-22-19(13)18(12-5-8-21-9-6-12)15(14)11-17(16)23(24)25/h3-4,9,12-13H,2,5-8,10-11H2,1H3;3-4,7-8,11H,2,5-6,9-10,12-13H2,1H3;3-4,7-8,11,14H,2,5-6,9-10,12-13H2,1H3;1-2,7,10-11,21H,3-6,8-9H2. The number of nitro benzene ring substituents is 3. The Bertz CT molecular complexity index is 5060. The average Bonchev–Trinajstić information content (AvgIpc) is 1.53. The molecule has 580 valence electrons. The number of hydrogen-bond donors (Lipinski definition) is 1. The van der Waals surface area contributed by atoms with Crippen LogP contribution in [0, 0.1) is 30.3 Å². The first-order valence-corrected chi connectivity index (χ1v) is 39.6. The van der Waals surface area contributed by atoms with Gasteiger partial charge in [-0.05, 0) is 252 Å². The van der Waals surface area contributed by atoms with Gasteiger partial charge in [0.15, 0.2) is 0 Å². The molecule has 4 aromatic heterocycles. The van der Waals surface area contributed by atoms with E-state index in [9.17, 15) is 44.7 Å². The summed E-state index contributed by atoms with van der Waals surface area (Å²) in [5.74, 6) is 0. The molecule has 112 heavy (non-hydrogen) atoms. The van der Waals surface area contributed by atoms with Crippen molar-refractivity contribution in [3.63, 3.8) is 0 Å². The van der Waals surface area contributed by atoms with Gasteiger partial charge in [-0.3, -0.25) is 50.3 Å². The number of rotatable bonds is 6. The Balaban J connectivity index is 0.000000131. The molecular formula is C85H85Cl4N11O12. The predicted octanol–water partition coefficient (Wildman–Crippen LogP) is 18.4. The van der Waals surface area contributed by atoms with E-state index in [0.29, 0.717) is 103 Å². The van der Waals surface area contributed by atoms with E-state index in [1.807, 2.05) is 55.6 Å². The van der Waals surface area contributed by atoms with Crippen molar-refractivity contribution in [3.05, 3.63) is 290 Å². The highest BCUT2D eigenvalue weighted by Gasteiger charge is 2.35. The van der Waals surface area contributed by atoms with Gasteiger partial charge in [0.05, 0.1) is 57.4 Å². The molecule has 16 rings (SSSR count). The van der Waals surface area contributed by atoms with E-state index >= 15 is 0 Å². The second-order valence-corrected chi connectivity index (χ2v) is 29.8. The number of amides is 3. The van der Waals surface area contributed by atoms with Crippen molar-refractivity contribution in [1.82, 2.24) is 40.0 Å². The molecule has 23 nitrogen and oxygen atoms in total. The van der Waals surface area contributed by atoms with Crippen LogP contribution in [0.25, 0.3) is 22.3 Å². The number of likely N-dealkylation sites (tertiary alicyclic amines) is 3. The van der Waals surface area contributed by atoms with Crippen molar-refractivity contribution in [1.29, 1.82) is 0 Å². The molecule has 0 spiro atoms. The maximum absolute atomic E-state index is 12.1. The SMILES string of the molecule is CCOC(=O)N1CCC(=C2c3cc([N+](=O)[O-])c(Cl)cc3CCc3cccnc32)CC1.CCOC(=O)N1CCC(=C2c3ccc(Cl)c([N+](=O)[O-])c3CCc3cccnc32)CC1.CCOC(=O)N1CCC(=C2c3ccc(Cl)cc3CCc3cccnc32)CC1.O=[N+]([O-])c1cc2c(cc1Cl)CCc1cccnc1C2=C1CCNCC1. The summed E-state index contributed by atoms with van der Waals surface area (Å²) in [7, 11) is 0. The molecule has 0 bridgehead atoms. The average molecular weight is 1590 g/mol. The lowest BCUT2D eigenvalue weighted by molar-refractivity contribution is -0.385. The van der Waals surface area contributed by atoms with Gasteiger partial charge in [0.1, 0.15) is 15.1 Å². The van der Waals surface area contributed by atoms with Gasteiger partial charge in [-0.2, -0.15) is 0 Å². The highest BCUT2D eigenvalue weighted by Crippen LogP contribution is 2.47. The number of nitro groups is 3. The van der Waals surface area contributed by atoms with Crippen molar-refractivity contribution in [2.24, 2.45) is 0 Å². The van der Waals surface area contributed by atoms with Gasteiger partial charge in [-0.25, -0.2) is 14.4 Å². The Labute approximate surface area is 669 Å². The first-order chi connectivity index (χ1) is 54.3. The summed E-state index contributed by atoms with van der Waals surface area (Å²) in [5, 5.41) is 39.4. The summed E-state index contributed by atoms with van der Waals surface area (Å²) in [6.07, 6.45) is 18.9. The molecule has 0 saturated carbocycles. The molecule has 4 saturated heterocycles. The molecule has 0 radical (unpaired) electrons. The van der Waals surface area contributed by atoms with Gasteiger partial charge in [0, 0.05) is 109 Å². The normalized spacial score (nSPS) is 16.2. The van der Waals surface area contributed by atoms with E-state index in [4.69, 9.17) is 65.6 Å². The zero-order valence-corrected chi connectivity index (χ0v) is 65.6. The first kappa shape index (κ1) is 79.6. The van der Waals surface area contributed by atoms with E-state index in [1.54, 1.807) is 77.5 Å². The van der Waals surface area contributed by atoms with Crippen LogP contribution in [0.3, 0.4) is 0 Å². The van der Waals surface area contributed by atoms with Crippen LogP contribution in [-0.2, 0) is 65.6 Å². The zero-order chi connectivity index (χ0) is 78.7. The molecule has 0 unspecified atom stereocenters. The van der Waals surface area contributed by atoms with E-state index < -0.39 is 14.8 Å². The summed E-state index contributed by atoms with van der Waals surface area (Å²) < 4.78 is 15.4. The minimum Gasteiger partial charge on any atom is -0.450 e. The number of nitrogens with zero attached hydrogens (tertiary/aromatic N) is 10. The van der Waals surface area contributed by atoms with Crippen LogP contribution >= 0.6 is 46.4 Å². The Morgan fingerprint density at radius 3 is 1.08 bits per heavy atom. The molecular weight excluding hydrogens is 1510 g/mol. The van der Waals surface area contributed by atoms with Crippen LogP contribution in [0.15, 0.2) is 150 Å². The van der Waals surface area contributed by atoms with Gasteiger partial charge >= 0.3 is 18.3 Å². The van der Waals surface area contributed by atoms with Gasteiger partial charge in [0.25, 0.3) is 17.1 Å². The smallest absolute Gasteiger partial charge is 0.409 e. The molecule has 8 heterocycles. The van der Waals surface area contributed by atoms with E-state index in [2.05, 4.69) is 50.6 Å². The number of aryl methyl sites for hydroxylation is 7. The third kappa shape index (κ3) is 17.6. The number of ether oxygens (including phenoxy) is 3. The zero-order valence-electron chi connectivity index (χ0n) is 62.6. The third-order valence-corrected chi connectivity index (χ3v) is 22.9. The van der Waals surface area contributed by atoms with E-state index in [0.717, 1.165) is 172 Å². The third-order valence-electron chi connectivity index (χ3n) is 21.7. The van der Waals surface area contributed by atoms with Crippen molar-refractivity contribution >= 4 is 104 Å². The summed E-state index contributed by atoms with van der Waals surface area (Å²) in [6, 6.07) is 32.5. The maximum Gasteiger partial charge on any atom is 0.409 e. The van der Waals surface area contributed by atoms with Crippen molar-refractivity contribution in [2.45, 2.75) is 124 Å². The van der Waals surface area contributed by atoms with Crippen LogP contribution in [0.2, 0.25) is 20.1 Å².